The molecule has 1 N–H and O–H groups in total. The fourth-order valence-corrected chi connectivity index (χ4v) is 3.91. The third kappa shape index (κ3) is 4.19. The van der Waals surface area contributed by atoms with Gasteiger partial charge < -0.3 is 14.4 Å². The molecule has 0 spiro atoms. The van der Waals surface area contributed by atoms with Crippen LogP contribution in [0.25, 0.3) is 11.0 Å². The second kappa shape index (κ2) is 8.55. The van der Waals surface area contributed by atoms with Crippen LogP contribution in [0.2, 0.25) is 0 Å². The summed E-state index contributed by atoms with van der Waals surface area (Å²) in [4.78, 5) is 32.6. The minimum Gasteiger partial charge on any atom is -0.323 e. The fourth-order valence-electron chi connectivity index (χ4n) is 3.09. The van der Waals surface area contributed by atoms with Crippen LogP contribution in [0.4, 0.5) is 10.7 Å². The van der Waals surface area contributed by atoms with Gasteiger partial charge in [-0.25, -0.2) is 4.98 Å². The Morgan fingerprint density at radius 2 is 2.08 bits per heavy atom. The van der Waals surface area contributed by atoms with Crippen LogP contribution in [0.5, 0.6) is 0 Å². The lowest BCUT2D eigenvalue weighted by Crippen LogP contribution is -2.34. The highest BCUT2D eigenvalue weighted by molar-refractivity contribution is 8.13. The van der Waals surface area contributed by atoms with Crippen molar-refractivity contribution in [3.63, 3.8) is 0 Å². The number of carbonyl (C=O) groups is 2. The quantitative estimate of drug-likeness (QED) is 0.768. The monoisotopic (exact) mass is 375 g/mol. The normalized spacial score (nSPS) is 14.6. The maximum atomic E-state index is 12.4. The van der Waals surface area contributed by atoms with Gasteiger partial charge in [0.2, 0.25) is 11.9 Å². The molecule has 140 valence electrons. The lowest BCUT2D eigenvalue weighted by molar-refractivity contribution is -0.116. The van der Waals surface area contributed by atoms with Crippen LogP contribution in [0.3, 0.4) is 0 Å². The van der Waals surface area contributed by atoms with Gasteiger partial charge in [0.25, 0.3) is 5.24 Å². The Morgan fingerprint density at radius 1 is 1.31 bits per heavy atom. The van der Waals surface area contributed by atoms with Crippen molar-refractivity contribution in [2.45, 2.75) is 20.4 Å². The van der Waals surface area contributed by atoms with E-state index >= 15 is 0 Å². The number of benzene rings is 1. The summed E-state index contributed by atoms with van der Waals surface area (Å²) >= 11 is 1.26. The van der Waals surface area contributed by atoms with Crippen molar-refractivity contribution in [2.75, 3.05) is 43.8 Å². The Bertz CT molecular complexity index is 787. The molecule has 1 aliphatic heterocycles. The summed E-state index contributed by atoms with van der Waals surface area (Å²) in [5, 5.41) is 2.87. The molecule has 2 heterocycles. The molecule has 0 bridgehead atoms. The number of nitrogens with zero attached hydrogens (tertiary/aromatic N) is 4. The molecule has 8 heteroatoms. The Hall–Kier alpha value is -2.06. The lowest BCUT2D eigenvalue weighted by atomic mass is 10.3. The summed E-state index contributed by atoms with van der Waals surface area (Å²) in [7, 11) is 0. The molecule has 1 saturated heterocycles. The molecule has 0 unspecified atom stereocenters. The van der Waals surface area contributed by atoms with Crippen molar-refractivity contribution in [2.24, 2.45) is 0 Å². The zero-order valence-electron chi connectivity index (χ0n) is 15.3. The van der Waals surface area contributed by atoms with Crippen LogP contribution in [0, 0.1) is 0 Å². The van der Waals surface area contributed by atoms with Crippen molar-refractivity contribution in [1.82, 2.24) is 19.4 Å². The van der Waals surface area contributed by atoms with E-state index in [0.29, 0.717) is 12.5 Å². The number of nitrogens with one attached hydrogen (secondary N) is 1. The Labute approximate surface area is 157 Å². The second-order valence-corrected chi connectivity index (χ2v) is 7.23. The molecular formula is C18H25N5O2S. The average molecular weight is 375 g/mol. The molecule has 26 heavy (non-hydrogen) atoms. The molecule has 1 aromatic heterocycles. The average Bonchev–Trinajstić information content (AvgIpc) is 3.19. The van der Waals surface area contributed by atoms with E-state index in [-0.39, 0.29) is 17.7 Å². The number of para-hydroxylation sites is 2. The Morgan fingerprint density at radius 3 is 2.77 bits per heavy atom. The van der Waals surface area contributed by atoms with Crippen LogP contribution in [-0.2, 0) is 11.3 Å². The summed E-state index contributed by atoms with van der Waals surface area (Å²) < 4.78 is 2.05. The number of amides is 2. The van der Waals surface area contributed by atoms with E-state index in [1.807, 2.05) is 28.8 Å². The van der Waals surface area contributed by atoms with Crippen molar-refractivity contribution in [3.05, 3.63) is 24.3 Å². The molecule has 2 amide bonds. The van der Waals surface area contributed by atoms with E-state index in [9.17, 15) is 9.59 Å². The molecule has 0 radical (unpaired) electrons. The molecule has 0 atom stereocenters. The molecule has 1 fully saturated rings. The summed E-state index contributed by atoms with van der Waals surface area (Å²) in [6.07, 6.45) is 0. The highest BCUT2D eigenvalue weighted by atomic mass is 32.2. The van der Waals surface area contributed by atoms with E-state index < -0.39 is 0 Å². The van der Waals surface area contributed by atoms with Gasteiger partial charge in [-0.2, -0.15) is 0 Å². The highest BCUT2D eigenvalue weighted by Gasteiger charge is 2.24. The predicted octanol–water partition coefficient (Wildman–Crippen LogP) is 2.49. The number of likely N-dealkylation sites (N-methyl/N-ethyl adjacent to an activating group) is 1. The smallest absolute Gasteiger partial charge is 0.282 e. The Kier molecular flexibility index (Phi) is 6.16. The number of carbonyl (C=O) groups excluding carboxylic acids is 2. The van der Waals surface area contributed by atoms with E-state index in [1.165, 1.54) is 11.8 Å². The van der Waals surface area contributed by atoms with Gasteiger partial charge in [-0.05, 0) is 25.2 Å². The zero-order valence-corrected chi connectivity index (χ0v) is 16.1. The van der Waals surface area contributed by atoms with Crippen LogP contribution in [-0.4, -0.2) is 69.0 Å². The molecule has 0 aliphatic carbocycles. The van der Waals surface area contributed by atoms with Crippen molar-refractivity contribution >= 4 is 39.9 Å². The number of hydrogen-bond acceptors (Lipinski definition) is 5. The predicted molar refractivity (Wildman–Crippen MR) is 106 cm³/mol. The largest absolute Gasteiger partial charge is 0.323 e. The zero-order chi connectivity index (χ0) is 18.5. The third-order valence-electron chi connectivity index (χ3n) is 4.62. The van der Waals surface area contributed by atoms with Gasteiger partial charge in [-0.3, -0.25) is 14.9 Å². The molecule has 3 rings (SSSR count). The van der Waals surface area contributed by atoms with Gasteiger partial charge in [0.05, 0.1) is 11.0 Å². The van der Waals surface area contributed by atoms with E-state index in [1.54, 1.807) is 4.90 Å². The molecular weight excluding hydrogens is 350 g/mol. The second-order valence-electron chi connectivity index (χ2n) is 6.19. The standard InChI is InChI=1S/C18H25N5O2S/c1-3-21(4-2)9-10-23-15-8-6-5-7-14(15)19-17(23)20-16(24)13-22-11-12-26-18(22)25/h5-8H,3-4,9-13H2,1-2H3,(H,19,20,24). The Balaban J connectivity index is 1.76. The summed E-state index contributed by atoms with van der Waals surface area (Å²) in [5.74, 6) is 1.08. The summed E-state index contributed by atoms with van der Waals surface area (Å²) in [5.41, 5.74) is 1.86. The van der Waals surface area contributed by atoms with Crippen molar-refractivity contribution in [3.8, 4) is 0 Å². The number of imidazole rings is 1. The van der Waals surface area contributed by atoms with Crippen LogP contribution in [0.1, 0.15) is 13.8 Å². The number of anilines is 1. The number of hydrogen-bond donors (Lipinski definition) is 1. The van der Waals surface area contributed by atoms with Gasteiger partial charge >= 0.3 is 0 Å². The maximum absolute atomic E-state index is 12.4. The van der Waals surface area contributed by atoms with Gasteiger partial charge in [-0.15, -0.1) is 0 Å². The van der Waals surface area contributed by atoms with Crippen LogP contribution < -0.4 is 5.32 Å². The summed E-state index contributed by atoms with van der Waals surface area (Å²) in [6.45, 7) is 8.58. The van der Waals surface area contributed by atoms with Gasteiger partial charge in [-0.1, -0.05) is 37.7 Å². The number of rotatable bonds is 8. The number of aromatic nitrogens is 2. The number of thioether (sulfide) groups is 1. The number of fused-ring (bicyclic) bond motifs is 1. The topological polar surface area (TPSA) is 70.5 Å². The van der Waals surface area contributed by atoms with E-state index in [2.05, 4.69) is 29.0 Å². The first-order valence-electron chi connectivity index (χ1n) is 9.01. The molecule has 1 aliphatic rings. The SMILES string of the molecule is CCN(CC)CCn1c(NC(=O)CN2CCSC2=O)nc2ccccc21. The lowest BCUT2D eigenvalue weighted by Gasteiger charge is -2.19. The highest BCUT2D eigenvalue weighted by Crippen LogP contribution is 2.20. The first-order chi connectivity index (χ1) is 12.6. The first-order valence-corrected chi connectivity index (χ1v) is 10.00. The van der Waals surface area contributed by atoms with E-state index in [0.717, 1.165) is 43.0 Å². The van der Waals surface area contributed by atoms with Crippen LogP contribution >= 0.6 is 11.8 Å². The fraction of sp³-hybridized carbons (Fsp3) is 0.500. The van der Waals surface area contributed by atoms with Crippen LogP contribution in [0.15, 0.2) is 24.3 Å². The van der Waals surface area contributed by atoms with Gasteiger partial charge in [0.1, 0.15) is 6.54 Å². The minimum absolute atomic E-state index is 0.0322. The molecule has 0 saturated carbocycles. The van der Waals surface area contributed by atoms with Gasteiger partial charge in [0, 0.05) is 25.4 Å². The van der Waals surface area contributed by atoms with Crippen molar-refractivity contribution < 1.29 is 9.59 Å². The third-order valence-corrected chi connectivity index (χ3v) is 5.51. The van der Waals surface area contributed by atoms with Gasteiger partial charge in [0.15, 0.2) is 0 Å². The molecule has 2 aromatic rings. The summed E-state index contributed by atoms with van der Waals surface area (Å²) in [6, 6.07) is 7.87. The molecule has 7 nitrogen and oxygen atoms in total. The minimum atomic E-state index is -0.208. The maximum Gasteiger partial charge on any atom is 0.282 e. The molecule has 1 aromatic carbocycles. The van der Waals surface area contributed by atoms with Crippen molar-refractivity contribution in [1.29, 1.82) is 0 Å². The first kappa shape index (κ1) is 18.7. The van der Waals surface area contributed by atoms with E-state index in [4.69, 9.17) is 0 Å².